The molecule has 0 spiro atoms. The van der Waals surface area contributed by atoms with E-state index >= 15 is 0 Å². The molecule has 0 saturated carbocycles. The Labute approximate surface area is 217 Å². The molecule has 3 rings (SSSR count). The summed E-state index contributed by atoms with van der Waals surface area (Å²) in [6.45, 7) is 4.88. The highest BCUT2D eigenvalue weighted by Gasteiger charge is 2.36. The summed E-state index contributed by atoms with van der Waals surface area (Å²) in [5.41, 5.74) is -1.80. The van der Waals surface area contributed by atoms with E-state index in [0.717, 1.165) is 6.07 Å². The molecule has 9 nitrogen and oxygen atoms in total. The summed E-state index contributed by atoms with van der Waals surface area (Å²) in [6, 6.07) is 9.92. The fourth-order valence-electron chi connectivity index (χ4n) is 3.49. The van der Waals surface area contributed by atoms with Crippen molar-refractivity contribution in [3.05, 3.63) is 66.0 Å². The predicted octanol–water partition coefficient (Wildman–Crippen LogP) is 5.52. The Bertz CT molecular complexity index is 1330. The number of halogens is 3. The molecule has 12 heteroatoms. The Hall–Kier alpha value is -4.35. The van der Waals surface area contributed by atoms with Crippen molar-refractivity contribution in [3.8, 4) is 5.69 Å². The number of hydrogen-bond acceptors (Lipinski definition) is 6. The van der Waals surface area contributed by atoms with Gasteiger partial charge in [0.25, 0.3) is 0 Å². The molecule has 38 heavy (non-hydrogen) atoms. The second-order valence-electron chi connectivity index (χ2n) is 9.58. The van der Waals surface area contributed by atoms with Gasteiger partial charge in [-0.15, -0.1) is 0 Å². The molecule has 0 atom stereocenters. The second-order valence-corrected chi connectivity index (χ2v) is 9.58. The maximum absolute atomic E-state index is 13.8. The predicted molar refractivity (Wildman–Crippen MR) is 137 cm³/mol. The van der Waals surface area contributed by atoms with E-state index < -0.39 is 41.5 Å². The summed E-state index contributed by atoms with van der Waals surface area (Å²) in [6.07, 6.45) is -3.08. The van der Waals surface area contributed by atoms with Gasteiger partial charge >= 0.3 is 12.3 Å². The standard InChI is InChI=1S/C26H28F3N5O4/c1-25(2,3)38-24(37)32-20-14-21(33(4)5)18(26(27,28)29)13-19(20)31-23(36)15-22(35)16-8-6-9-17(12-16)34-11-7-10-30-34/h6-14H,15H2,1-5H3,(H,31,36)(H,32,37). The Morgan fingerprint density at radius 1 is 1.00 bits per heavy atom. The van der Waals surface area contributed by atoms with Crippen molar-refractivity contribution < 1.29 is 32.3 Å². The number of amides is 2. The van der Waals surface area contributed by atoms with Crippen molar-refractivity contribution in [2.45, 2.75) is 39.0 Å². The minimum Gasteiger partial charge on any atom is -0.444 e. The quantitative estimate of drug-likeness (QED) is 0.308. The van der Waals surface area contributed by atoms with Crippen LogP contribution in [0.15, 0.2) is 54.9 Å². The van der Waals surface area contributed by atoms with Crippen molar-refractivity contribution in [2.75, 3.05) is 29.6 Å². The molecule has 0 radical (unpaired) electrons. The van der Waals surface area contributed by atoms with E-state index in [1.165, 1.54) is 29.7 Å². The van der Waals surface area contributed by atoms with E-state index in [1.807, 2.05) is 0 Å². The molecule has 2 N–H and O–H groups in total. The molecule has 0 fully saturated rings. The first kappa shape index (κ1) is 28.2. The molecule has 2 amide bonds. The number of nitrogens with one attached hydrogen (secondary N) is 2. The van der Waals surface area contributed by atoms with Gasteiger partial charge in [-0.1, -0.05) is 12.1 Å². The van der Waals surface area contributed by atoms with Crippen LogP contribution in [0.4, 0.5) is 35.0 Å². The van der Waals surface area contributed by atoms with Gasteiger partial charge in [0.15, 0.2) is 5.78 Å². The summed E-state index contributed by atoms with van der Waals surface area (Å²) in [5.74, 6) is -1.42. The van der Waals surface area contributed by atoms with E-state index in [1.54, 1.807) is 57.4 Å². The number of aromatic nitrogens is 2. The van der Waals surface area contributed by atoms with Crippen molar-refractivity contribution in [1.29, 1.82) is 0 Å². The van der Waals surface area contributed by atoms with Gasteiger partial charge in [-0.2, -0.15) is 18.3 Å². The minimum atomic E-state index is -4.76. The van der Waals surface area contributed by atoms with Crippen LogP contribution in [0.1, 0.15) is 43.1 Å². The summed E-state index contributed by atoms with van der Waals surface area (Å²) < 4.78 is 48.2. The molecular formula is C26H28F3N5O4. The average molecular weight is 532 g/mol. The van der Waals surface area contributed by atoms with Crippen molar-refractivity contribution in [1.82, 2.24) is 9.78 Å². The molecule has 0 unspecified atom stereocenters. The number of alkyl halides is 3. The molecule has 0 bridgehead atoms. The SMILES string of the molecule is CN(C)c1cc(NC(=O)OC(C)(C)C)c(NC(=O)CC(=O)c2cccc(-n3cccn3)c2)cc1C(F)(F)F. The zero-order chi connectivity index (χ0) is 28.3. The lowest BCUT2D eigenvalue weighted by atomic mass is 10.1. The normalized spacial score (nSPS) is 11.6. The number of ketones is 1. The molecule has 3 aromatic rings. The van der Waals surface area contributed by atoms with Gasteiger partial charge in [0.05, 0.1) is 34.7 Å². The number of carbonyl (C=O) groups is 3. The van der Waals surface area contributed by atoms with E-state index in [-0.39, 0.29) is 22.6 Å². The van der Waals surface area contributed by atoms with Crippen LogP contribution in [0.5, 0.6) is 0 Å². The summed E-state index contributed by atoms with van der Waals surface area (Å²) in [5, 5.41) is 8.82. The highest BCUT2D eigenvalue weighted by Crippen LogP contribution is 2.41. The van der Waals surface area contributed by atoms with E-state index in [9.17, 15) is 27.6 Å². The summed E-state index contributed by atoms with van der Waals surface area (Å²) in [7, 11) is 2.83. The molecule has 1 aromatic heterocycles. The molecule has 0 aliphatic heterocycles. The van der Waals surface area contributed by atoms with E-state index in [0.29, 0.717) is 11.8 Å². The van der Waals surface area contributed by atoms with Crippen LogP contribution in [-0.4, -0.2) is 47.3 Å². The highest BCUT2D eigenvalue weighted by molar-refractivity contribution is 6.12. The number of hydrogen-bond donors (Lipinski definition) is 2. The number of benzene rings is 2. The number of rotatable bonds is 7. The van der Waals surface area contributed by atoms with Gasteiger partial charge in [0.1, 0.15) is 5.60 Å². The highest BCUT2D eigenvalue weighted by atomic mass is 19.4. The zero-order valence-corrected chi connectivity index (χ0v) is 21.5. The van der Waals surface area contributed by atoms with Gasteiger partial charge in [-0.05, 0) is 51.1 Å². The number of Topliss-reactive ketones (excluding diaryl/α,β-unsaturated/α-hetero) is 1. The fourth-order valence-corrected chi connectivity index (χ4v) is 3.49. The van der Waals surface area contributed by atoms with Crippen LogP contribution in [-0.2, 0) is 15.7 Å². The van der Waals surface area contributed by atoms with Crippen LogP contribution in [0.2, 0.25) is 0 Å². The van der Waals surface area contributed by atoms with E-state index in [2.05, 4.69) is 15.7 Å². The van der Waals surface area contributed by atoms with Gasteiger partial charge < -0.3 is 15.0 Å². The zero-order valence-electron chi connectivity index (χ0n) is 21.5. The molecule has 1 heterocycles. The number of anilines is 3. The largest absolute Gasteiger partial charge is 0.444 e. The number of nitrogens with zero attached hydrogens (tertiary/aromatic N) is 3. The Morgan fingerprint density at radius 3 is 2.26 bits per heavy atom. The van der Waals surface area contributed by atoms with Crippen LogP contribution in [0, 0.1) is 0 Å². The van der Waals surface area contributed by atoms with Gasteiger partial charge in [-0.25, -0.2) is 9.48 Å². The third-order valence-electron chi connectivity index (χ3n) is 5.09. The minimum absolute atomic E-state index is 0.127. The van der Waals surface area contributed by atoms with Crippen LogP contribution < -0.4 is 15.5 Å². The first-order valence-electron chi connectivity index (χ1n) is 11.5. The molecule has 2 aromatic carbocycles. The van der Waals surface area contributed by atoms with Crippen LogP contribution in [0.25, 0.3) is 5.69 Å². The van der Waals surface area contributed by atoms with Gasteiger partial charge in [-0.3, -0.25) is 14.9 Å². The summed E-state index contributed by atoms with van der Waals surface area (Å²) >= 11 is 0. The van der Waals surface area contributed by atoms with Crippen LogP contribution in [0.3, 0.4) is 0 Å². The monoisotopic (exact) mass is 531 g/mol. The maximum Gasteiger partial charge on any atom is 0.418 e. The molecular weight excluding hydrogens is 503 g/mol. The molecule has 0 saturated heterocycles. The first-order chi connectivity index (χ1) is 17.6. The number of ether oxygens (including phenoxy) is 1. The first-order valence-corrected chi connectivity index (χ1v) is 11.5. The van der Waals surface area contributed by atoms with Crippen molar-refractivity contribution in [2.24, 2.45) is 0 Å². The fraction of sp³-hybridized carbons (Fsp3) is 0.308. The topological polar surface area (TPSA) is 106 Å². The van der Waals surface area contributed by atoms with Crippen molar-refractivity contribution >= 4 is 34.8 Å². The van der Waals surface area contributed by atoms with Crippen molar-refractivity contribution in [3.63, 3.8) is 0 Å². The third kappa shape index (κ3) is 7.34. The lowest BCUT2D eigenvalue weighted by Crippen LogP contribution is -2.28. The van der Waals surface area contributed by atoms with Gasteiger partial charge in [0.2, 0.25) is 5.91 Å². The maximum atomic E-state index is 13.8. The molecule has 202 valence electrons. The Morgan fingerprint density at radius 2 is 1.68 bits per heavy atom. The number of carbonyl (C=O) groups excluding carboxylic acids is 3. The molecule has 0 aliphatic carbocycles. The van der Waals surface area contributed by atoms with E-state index in [4.69, 9.17) is 4.74 Å². The summed E-state index contributed by atoms with van der Waals surface area (Å²) in [4.78, 5) is 39.2. The smallest absolute Gasteiger partial charge is 0.418 e. The van der Waals surface area contributed by atoms with Crippen LogP contribution >= 0.6 is 0 Å². The second kappa shape index (κ2) is 11.0. The Balaban J connectivity index is 1.89. The lowest BCUT2D eigenvalue weighted by Gasteiger charge is -2.24. The third-order valence-corrected chi connectivity index (χ3v) is 5.09. The molecule has 0 aliphatic rings. The Kier molecular flexibility index (Phi) is 8.13. The van der Waals surface area contributed by atoms with Gasteiger partial charge in [0, 0.05) is 32.1 Å². The average Bonchev–Trinajstić information content (AvgIpc) is 3.33. The lowest BCUT2D eigenvalue weighted by molar-refractivity contribution is -0.137.